The van der Waals surface area contributed by atoms with Crippen LogP contribution in [-0.2, 0) is 19.9 Å². The van der Waals surface area contributed by atoms with Gasteiger partial charge in [-0.1, -0.05) is 66.7 Å². The van der Waals surface area contributed by atoms with Crippen LogP contribution in [0.15, 0.2) is 78.9 Å². The summed E-state index contributed by atoms with van der Waals surface area (Å²) in [6.45, 7) is 4.08. The Labute approximate surface area is 223 Å². The average molecular weight is 507 g/mol. The summed E-state index contributed by atoms with van der Waals surface area (Å²) >= 11 is 0. The lowest BCUT2D eigenvalue weighted by Crippen LogP contribution is -2.48. The number of nitrogens with one attached hydrogen (secondary N) is 1. The monoisotopic (exact) mass is 506 g/mol. The first kappa shape index (κ1) is 25.4. The summed E-state index contributed by atoms with van der Waals surface area (Å²) in [5, 5.41) is 7.54. The van der Waals surface area contributed by atoms with Crippen LogP contribution in [-0.4, -0.2) is 63.8 Å². The SMILES string of the molecule is Cn1c(CCc2ccc(C(=N)N)cc2)nc2cc(C(=O)N3CCN(CC=Cc4ccccc4)CC3)ccc21. The first-order valence-electron chi connectivity index (χ1n) is 13.1. The van der Waals surface area contributed by atoms with E-state index in [4.69, 9.17) is 16.1 Å². The number of benzene rings is 3. The van der Waals surface area contributed by atoms with E-state index in [0.717, 1.165) is 68.0 Å². The number of nitrogen functional groups attached to an aromatic ring is 1. The zero-order valence-corrected chi connectivity index (χ0v) is 21.8. The van der Waals surface area contributed by atoms with E-state index in [9.17, 15) is 4.79 Å². The molecule has 5 rings (SSSR count). The summed E-state index contributed by atoms with van der Waals surface area (Å²) in [5.74, 6) is 1.14. The number of hydrogen-bond acceptors (Lipinski definition) is 4. The number of aromatic nitrogens is 2. The number of rotatable bonds is 8. The molecule has 1 amide bonds. The Morgan fingerprint density at radius 2 is 1.66 bits per heavy atom. The number of hydrogen-bond donors (Lipinski definition) is 2. The molecule has 0 radical (unpaired) electrons. The maximum Gasteiger partial charge on any atom is 0.254 e. The average Bonchev–Trinajstić information content (AvgIpc) is 3.27. The number of amidine groups is 1. The third-order valence-corrected chi connectivity index (χ3v) is 7.26. The number of fused-ring (bicyclic) bond motifs is 1. The van der Waals surface area contributed by atoms with Crippen molar-refractivity contribution in [2.45, 2.75) is 12.8 Å². The van der Waals surface area contributed by atoms with Gasteiger partial charge in [0.15, 0.2) is 0 Å². The van der Waals surface area contributed by atoms with E-state index in [1.807, 2.05) is 72.6 Å². The highest BCUT2D eigenvalue weighted by atomic mass is 16.2. The molecule has 38 heavy (non-hydrogen) atoms. The fourth-order valence-corrected chi connectivity index (χ4v) is 4.93. The number of aryl methyl sites for hydroxylation is 3. The molecule has 0 aliphatic carbocycles. The van der Waals surface area contributed by atoms with Crippen molar-refractivity contribution in [2.24, 2.45) is 12.8 Å². The summed E-state index contributed by atoms with van der Waals surface area (Å²) < 4.78 is 2.11. The molecular weight excluding hydrogens is 472 g/mol. The molecule has 3 aromatic carbocycles. The van der Waals surface area contributed by atoms with E-state index in [0.29, 0.717) is 5.56 Å². The van der Waals surface area contributed by atoms with Crippen molar-refractivity contribution in [3.05, 3.63) is 107 Å². The third kappa shape index (κ3) is 5.84. The second-order valence-corrected chi connectivity index (χ2v) is 9.81. The minimum atomic E-state index is 0.0733. The predicted octanol–water partition coefficient (Wildman–Crippen LogP) is 4.11. The van der Waals surface area contributed by atoms with E-state index in [-0.39, 0.29) is 11.7 Å². The molecule has 2 heterocycles. The van der Waals surface area contributed by atoms with Gasteiger partial charge in [-0.3, -0.25) is 15.1 Å². The Morgan fingerprint density at radius 1 is 0.947 bits per heavy atom. The molecule has 4 aromatic rings. The van der Waals surface area contributed by atoms with E-state index >= 15 is 0 Å². The van der Waals surface area contributed by atoms with Crippen LogP contribution in [0.3, 0.4) is 0 Å². The molecule has 1 aromatic heterocycles. The number of carbonyl (C=O) groups is 1. The van der Waals surface area contributed by atoms with Gasteiger partial charge in [-0.05, 0) is 35.7 Å². The van der Waals surface area contributed by atoms with Crippen LogP contribution in [0.2, 0.25) is 0 Å². The zero-order chi connectivity index (χ0) is 26.5. The molecule has 1 fully saturated rings. The fraction of sp³-hybridized carbons (Fsp3) is 0.258. The van der Waals surface area contributed by atoms with Gasteiger partial charge in [0.25, 0.3) is 5.91 Å². The largest absolute Gasteiger partial charge is 0.384 e. The summed E-state index contributed by atoms with van der Waals surface area (Å²) in [7, 11) is 2.02. The molecule has 7 heteroatoms. The number of carbonyl (C=O) groups excluding carboxylic acids is 1. The van der Waals surface area contributed by atoms with Gasteiger partial charge in [0, 0.05) is 57.3 Å². The Balaban J connectivity index is 1.18. The molecule has 7 nitrogen and oxygen atoms in total. The molecule has 3 N–H and O–H groups in total. The molecule has 0 unspecified atom stereocenters. The fourth-order valence-electron chi connectivity index (χ4n) is 4.93. The first-order chi connectivity index (χ1) is 18.5. The molecule has 0 bridgehead atoms. The maximum absolute atomic E-state index is 13.3. The number of imidazole rings is 1. The number of nitrogens with two attached hydrogens (primary N) is 1. The summed E-state index contributed by atoms with van der Waals surface area (Å²) in [6.07, 6.45) is 5.97. The lowest BCUT2D eigenvalue weighted by atomic mass is 10.1. The third-order valence-electron chi connectivity index (χ3n) is 7.26. The van der Waals surface area contributed by atoms with Gasteiger partial charge in [0.2, 0.25) is 0 Å². The smallest absolute Gasteiger partial charge is 0.254 e. The molecule has 1 saturated heterocycles. The van der Waals surface area contributed by atoms with Crippen molar-refractivity contribution < 1.29 is 4.79 Å². The van der Waals surface area contributed by atoms with E-state index < -0.39 is 0 Å². The van der Waals surface area contributed by atoms with Gasteiger partial charge in [0.05, 0.1) is 11.0 Å². The molecule has 0 atom stereocenters. The van der Waals surface area contributed by atoms with Gasteiger partial charge in [-0.2, -0.15) is 0 Å². The zero-order valence-electron chi connectivity index (χ0n) is 21.8. The van der Waals surface area contributed by atoms with Crippen molar-refractivity contribution >= 4 is 28.9 Å². The molecule has 1 aliphatic heterocycles. The predicted molar refractivity (Wildman–Crippen MR) is 153 cm³/mol. The molecule has 0 saturated carbocycles. The van der Waals surface area contributed by atoms with Crippen molar-refractivity contribution in [3.63, 3.8) is 0 Å². The standard InChI is InChI=1S/C31H34N6O/c1-35-28-15-14-26(22-27(28)34-29(35)16-11-24-9-12-25(13-10-24)30(32)33)31(38)37-20-18-36(19-21-37)17-5-8-23-6-3-2-4-7-23/h2-10,12-15,22H,11,16-21H2,1H3,(H3,32,33). The number of nitrogens with zero attached hydrogens (tertiary/aromatic N) is 4. The topological polar surface area (TPSA) is 91.2 Å². The van der Waals surface area contributed by atoms with Gasteiger partial charge in [-0.25, -0.2) is 4.98 Å². The van der Waals surface area contributed by atoms with Gasteiger partial charge in [0.1, 0.15) is 11.7 Å². The van der Waals surface area contributed by atoms with Crippen LogP contribution >= 0.6 is 0 Å². The second kappa shape index (κ2) is 11.4. The summed E-state index contributed by atoms with van der Waals surface area (Å²) in [4.78, 5) is 22.4. The van der Waals surface area contributed by atoms with Crippen molar-refractivity contribution in [1.82, 2.24) is 19.4 Å². The number of piperazine rings is 1. The highest BCUT2D eigenvalue weighted by Crippen LogP contribution is 2.20. The van der Waals surface area contributed by atoms with Crippen LogP contribution in [0.4, 0.5) is 0 Å². The van der Waals surface area contributed by atoms with Crippen LogP contribution < -0.4 is 5.73 Å². The highest BCUT2D eigenvalue weighted by molar-refractivity contribution is 5.97. The van der Waals surface area contributed by atoms with E-state index in [1.165, 1.54) is 11.1 Å². The summed E-state index contributed by atoms with van der Waals surface area (Å²) in [6, 6.07) is 24.0. The van der Waals surface area contributed by atoms with Gasteiger partial charge < -0.3 is 15.2 Å². The first-order valence-corrected chi connectivity index (χ1v) is 13.1. The minimum absolute atomic E-state index is 0.0733. The maximum atomic E-state index is 13.3. The highest BCUT2D eigenvalue weighted by Gasteiger charge is 2.22. The lowest BCUT2D eigenvalue weighted by molar-refractivity contribution is 0.0650. The Kier molecular flexibility index (Phi) is 7.65. The second-order valence-electron chi connectivity index (χ2n) is 9.81. The van der Waals surface area contributed by atoms with Crippen molar-refractivity contribution in [1.29, 1.82) is 5.41 Å². The van der Waals surface area contributed by atoms with Crippen LogP contribution in [0.25, 0.3) is 17.1 Å². The Bertz CT molecular complexity index is 1450. The minimum Gasteiger partial charge on any atom is -0.384 e. The van der Waals surface area contributed by atoms with E-state index in [1.54, 1.807) is 0 Å². The molecule has 194 valence electrons. The molecule has 0 spiro atoms. The summed E-state index contributed by atoms with van der Waals surface area (Å²) in [5.41, 5.74) is 11.2. The van der Waals surface area contributed by atoms with Crippen molar-refractivity contribution in [3.8, 4) is 0 Å². The Morgan fingerprint density at radius 3 is 2.37 bits per heavy atom. The number of amides is 1. The van der Waals surface area contributed by atoms with Gasteiger partial charge >= 0.3 is 0 Å². The molecule has 1 aliphatic rings. The van der Waals surface area contributed by atoms with Crippen LogP contribution in [0.1, 0.15) is 32.9 Å². The quantitative estimate of drug-likeness (QED) is 0.278. The van der Waals surface area contributed by atoms with E-state index in [2.05, 4.69) is 33.8 Å². The van der Waals surface area contributed by atoms with Crippen LogP contribution in [0, 0.1) is 5.41 Å². The van der Waals surface area contributed by atoms with Gasteiger partial charge in [-0.15, -0.1) is 0 Å². The van der Waals surface area contributed by atoms with Crippen LogP contribution in [0.5, 0.6) is 0 Å². The normalized spacial score (nSPS) is 14.4. The van der Waals surface area contributed by atoms with Crippen molar-refractivity contribution in [2.75, 3.05) is 32.7 Å². The molecular formula is C31H34N6O. The lowest BCUT2D eigenvalue weighted by Gasteiger charge is -2.34. The Hall–Kier alpha value is -4.23.